The zero-order valence-corrected chi connectivity index (χ0v) is 17.8. The Hall–Kier alpha value is 1.04. The zero-order valence-electron chi connectivity index (χ0n) is 12.9. The normalized spacial score (nSPS) is 12.5. The largest absolute Gasteiger partial charge is 0.465 e. The van der Waals surface area contributed by atoms with Crippen LogP contribution in [0.1, 0.15) is 65.2 Å². The molecule has 0 aliphatic heterocycles. The lowest BCUT2D eigenvalue weighted by atomic mass is 10.1. The van der Waals surface area contributed by atoms with Gasteiger partial charge in [0.25, 0.3) is 0 Å². The molecule has 0 saturated heterocycles. The quantitative estimate of drug-likeness (QED) is 0.114. The molecule has 0 saturated carbocycles. The van der Waals surface area contributed by atoms with E-state index in [1.54, 1.807) is 13.8 Å². The van der Waals surface area contributed by atoms with Gasteiger partial charge in [0.1, 0.15) is 4.32 Å². The maximum atomic E-state index is 11.5. The molecule has 0 fully saturated rings. The molecule has 21 heavy (non-hydrogen) atoms. The zero-order chi connectivity index (χ0) is 16.4. The molecule has 0 aromatic carbocycles. The summed E-state index contributed by atoms with van der Waals surface area (Å²) in [5.74, 6) is -0.194. The predicted molar refractivity (Wildman–Crippen MR) is 99.0 cm³/mol. The van der Waals surface area contributed by atoms with Crippen molar-refractivity contribution < 1.29 is 9.53 Å². The fourth-order valence-corrected chi connectivity index (χ4v) is 3.79. The molecule has 0 amide bonds. The van der Waals surface area contributed by atoms with Gasteiger partial charge in [0.2, 0.25) is 0 Å². The molecule has 0 aliphatic rings. The number of alkyl halides is 1. The Bertz CT molecular complexity index is 291. The topological polar surface area (TPSA) is 26.3 Å². The van der Waals surface area contributed by atoms with Crippen molar-refractivity contribution in [2.24, 2.45) is 0 Å². The van der Waals surface area contributed by atoms with Gasteiger partial charge in [-0.15, -0.1) is 33.2 Å². The van der Waals surface area contributed by atoms with Gasteiger partial charge < -0.3 is 4.74 Å². The van der Waals surface area contributed by atoms with Crippen molar-refractivity contribution in [1.29, 1.82) is 0 Å². The summed E-state index contributed by atoms with van der Waals surface area (Å²) in [5.41, 5.74) is 0. The summed E-state index contributed by atoms with van der Waals surface area (Å²) in [7, 11) is 0. The third-order valence-corrected chi connectivity index (χ3v) is 6.02. The predicted octanol–water partition coefficient (Wildman–Crippen LogP) is 6.48. The fourth-order valence-electron chi connectivity index (χ4n) is 1.82. The molecule has 0 atom stereocenters. The number of unbranched alkanes of at least 4 members (excludes halogenated alkanes) is 7. The van der Waals surface area contributed by atoms with Crippen molar-refractivity contribution in [3.05, 3.63) is 0 Å². The highest BCUT2D eigenvalue weighted by Crippen LogP contribution is 2.27. The minimum atomic E-state index is -2.40. The van der Waals surface area contributed by atoms with Gasteiger partial charge in [-0.2, -0.15) is 0 Å². The fraction of sp³-hybridized carbons (Fsp3) is 0.929. The van der Waals surface area contributed by atoms with Crippen molar-refractivity contribution in [1.82, 2.24) is 0 Å². The number of hydrogen-bond donors (Lipinski definition) is 0. The van der Waals surface area contributed by atoms with Crippen molar-refractivity contribution in [3.8, 4) is 0 Å². The number of hydrogen-bond acceptors (Lipinski definition) is 2. The van der Waals surface area contributed by atoms with E-state index in [1.807, 2.05) is 0 Å². The second kappa shape index (κ2) is 11.6. The lowest BCUT2D eigenvalue weighted by Crippen LogP contribution is -2.26. The Kier molecular flexibility index (Phi) is 12.1. The molecule has 0 heterocycles. The molecule has 0 bridgehead atoms. The average Bonchev–Trinajstić information content (AvgIpc) is 2.33. The molecule has 0 spiro atoms. The molecule has 0 N–H and O–H groups in total. The van der Waals surface area contributed by atoms with Crippen molar-refractivity contribution in [2.75, 3.05) is 6.61 Å². The summed E-state index contributed by atoms with van der Waals surface area (Å²) < 4.78 is 4.60. The first kappa shape index (κ1) is 22.0. The van der Waals surface area contributed by atoms with Crippen LogP contribution in [0.25, 0.3) is 0 Å². The Morgan fingerprint density at radius 3 is 1.81 bits per heavy atom. The number of rotatable bonds is 12. The van der Waals surface area contributed by atoms with Crippen LogP contribution in [0, 0.1) is 0 Å². The third kappa shape index (κ3) is 15.7. The third-order valence-electron chi connectivity index (χ3n) is 3.07. The van der Waals surface area contributed by atoms with Gasteiger partial charge in [-0.25, -0.2) is 0 Å². The van der Waals surface area contributed by atoms with Gasteiger partial charge in [-0.05, 0) is 26.3 Å². The first-order valence-corrected chi connectivity index (χ1v) is 13.6. The smallest absolute Gasteiger partial charge is 0.341 e. The van der Waals surface area contributed by atoms with Crippen LogP contribution >= 0.6 is 49.2 Å². The van der Waals surface area contributed by atoms with E-state index in [-0.39, 0.29) is 5.97 Å². The molecule has 2 nitrogen and oxygen atoms in total. The summed E-state index contributed by atoms with van der Waals surface area (Å²) in [6.07, 6.45) is 9.08. The first-order valence-electron chi connectivity index (χ1n) is 7.56. The molecular weight excluding hydrogens is 415 g/mol. The van der Waals surface area contributed by atoms with Crippen LogP contribution in [-0.4, -0.2) is 22.9 Å². The maximum Gasteiger partial charge on any atom is 0.341 e. The van der Waals surface area contributed by atoms with E-state index in [1.165, 1.54) is 25.7 Å². The van der Waals surface area contributed by atoms with Crippen molar-refractivity contribution >= 4 is 61.1 Å². The molecule has 0 rings (SSSR count). The van der Waals surface area contributed by atoms with E-state index in [0.717, 1.165) is 31.7 Å². The molecule has 0 aromatic rings. The summed E-state index contributed by atoms with van der Waals surface area (Å²) in [6.45, 7) is 4.10. The minimum absolute atomic E-state index is 0.194. The van der Waals surface area contributed by atoms with Crippen molar-refractivity contribution in [3.63, 3.8) is 0 Å². The highest BCUT2D eigenvalue weighted by atomic mass is 79.9. The van der Waals surface area contributed by atoms with E-state index in [4.69, 9.17) is 38.0 Å². The van der Waals surface area contributed by atoms with Crippen LogP contribution < -0.4 is 0 Å². The monoisotopic (exact) mass is 438 g/mol. The molecule has 126 valence electrons. The van der Waals surface area contributed by atoms with Gasteiger partial charge in [-0.3, -0.25) is 4.79 Å². The Morgan fingerprint density at radius 2 is 1.38 bits per heavy atom. The molecule has 0 aromatic heterocycles. The maximum absolute atomic E-state index is 11.5. The molecule has 0 radical (unpaired) electrons. The number of halogens is 4. The molecule has 0 unspecified atom stereocenters. The number of carbonyl (C=O) groups is 1. The summed E-state index contributed by atoms with van der Waals surface area (Å²) in [6, 6.07) is -1.63. The second-order valence-corrected chi connectivity index (χ2v) is 17.1. The number of carbonyl (C=O) groups excluding carboxylic acids is 1. The van der Waals surface area contributed by atoms with Crippen molar-refractivity contribution in [2.45, 2.75) is 75.6 Å². The number of ether oxygens (including phenoxy) is 1. The van der Waals surface area contributed by atoms with Crippen LogP contribution in [0.15, 0.2) is 0 Å². The minimum Gasteiger partial charge on any atom is -0.465 e. The Morgan fingerprint density at radius 1 is 0.952 bits per heavy atom. The first-order chi connectivity index (χ1) is 9.63. The Balaban J connectivity index is 3.25. The van der Waals surface area contributed by atoms with Gasteiger partial charge in [0.15, 0.2) is 0 Å². The average molecular weight is 441 g/mol. The molecule has 7 heteroatoms. The lowest BCUT2D eigenvalue weighted by Gasteiger charge is -2.14. The highest BCUT2D eigenvalue weighted by Gasteiger charge is 2.25. The number of esters is 1. The van der Waals surface area contributed by atoms with Gasteiger partial charge in [0.05, 0.1) is 6.61 Å². The van der Waals surface area contributed by atoms with Crippen LogP contribution in [0.3, 0.4) is 0 Å². The Labute approximate surface area is 152 Å². The van der Waals surface area contributed by atoms with Crippen LogP contribution in [-0.2, 0) is 9.53 Å². The van der Waals surface area contributed by atoms with Crippen LogP contribution in [0.2, 0.25) is 6.04 Å². The van der Waals surface area contributed by atoms with E-state index in [0.29, 0.717) is 6.61 Å². The summed E-state index contributed by atoms with van der Waals surface area (Å²) in [4.78, 5) is 11.5. The molecule has 0 aliphatic carbocycles. The van der Waals surface area contributed by atoms with E-state index in [9.17, 15) is 4.79 Å². The van der Waals surface area contributed by atoms with Gasteiger partial charge in [0, 0.05) is 0 Å². The van der Waals surface area contributed by atoms with E-state index < -0.39 is 10.3 Å². The second-order valence-electron chi connectivity index (χ2n) is 5.80. The standard InChI is InChI=1S/C14H26BrCl3O2Si/c1-14(2,15)13(19)20-11-9-7-5-3-4-6-8-10-12-21(16,17)18/h3-12H2,1-2H3. The molecular formula is C14H26BrCl3O2Si. The van der Waals surface area contributed by atoms with Gasteiger partial charge in [-0.1, -0.05) is 60.9 Å². The van der Waals surface area contributed by atoms with Gasteiger partial charge >= 0.3 is 12.0 Å². The SMILES string of the molecule is CC(C)(Br)C(=O)OCCCCCCCCCC[Si](Cl)(Cl)Cl. The summed E-state index contributed by atoms with van der Waals surface area (Å²) >= 11 is 20.8. The summed E-state index contributed by atoms with van der Waals surface area (Å²) in [5, 5.41) is 0. The highest BCUT2D eigenvalue weighted by molar-refractivity contribution is 9.10. The van der Waals surface area contributed by atoms with E-state index >= 15 is 0 Å². The van der Waals surface area contributed by atoms with Crippen LogP contribution in [0.5, 0.6) is 0 Å². The lowest BCUT2D eigenvalue weighted by molar-refractivity contribution is -0.145. The van der Waals surface area contributed by atoms with Crippen LogP contribution in [0.4, 0.5) is 0 Å². The van der Waals surface area contributed by atoms with E-state index in [2.05, 4.69) is 15.9 Å².